The summed E-state index contributed by atoms with van der Waals surface area (Å²) in [5.41, 5.74) is 1.67. The lowest BCUT2D eigenvalue weighted by Crippen LogP contribution is -2.37. The zero-order valence-corrected chi connectivity index (χ0v) is 15.2. The van der Waals surface area contributed by atoms with Crippen LogP contribution in [0.25, 0.3) is 0 Å². The Morgan fingerprint density at radius 1 is 1.16 bits per heavy atom. The van der Waals surface area contributed by atoms with Crippen LogP contribution in [0.15, 0.2) is 41.6 Å². The molecule has 2 aromatic rings. The van der Waals surface area contributed by atoms with E-state index in [2.05, 4.69) is 5.10 Å². The maximum Gasteiger partial charge on any atom is 0.253 e. The van der Waals surface area contributed by atoms with Gasteiger partial charge in [-0.3, -0.25) is 9.48 Å². The number of hydrogen-bond donors (Lipinski definition) is 0. The normalized spacial score (nSPS) is 16.6. The van der Waals surface area contributed by atoms with Gasteiger partial charge in [-0.2, -0.15) is 9.40 Å². The van der Waals surface area contributed by atoms with E-state index in [1.165, 1.54) is 21.4 Å². The highest BCUT2D eigenvalue weighted by Crippen LogP contribution is 2.18. The molecule has 7 nitrogen and oxygen atoms in total. The van der Waals surface area contributed by atoms with Gasteiger partial charge in [0.15, 0.2) is 0 Å². The maximum atomic E-state index is 12.7. The molecule has 0 bridgehead atoms. The number of sulfonamides is 1. The summed E-state index contributed by atoms with van der Waals surface area (Å²) in [5, 5.41) is 3.94. The number of amides is 1. The van der Waals surface area contributed by atoms with Crippen LogP contribution in [0, 0.1) is 6.92 Å². The Kier molecular flexibility index (Phi) is 4.91. The van der Waals surface area contributed by atoms with Gasteiger partial charge in [-0.15, -0.1) is 0 Å². The Hall–Kier alpha value is -2.19. The van der Waals surface area contributed by atoms with Crippen LogP contribution in [-0.4, -0.2) is 59.5 Å². The first-order valence-electron chi connectivity index (χ1n) is 8.23. The molecule has 0 atom stereocenters. The van der Waals surface area contributed by atoms with E-state index in [1.807, 2.05) is 25.1 Å². The van der Waals surface area contributed by atoms with Crippen LogP contribution in [0.1, 0.15) is 22.3 Å². The molecule has 8 heteroatoms. The van der Waals surface area contributed by atoms with Gasteiger partial charge in [0.05, 0.1) is 6.20 Å². The van der Waals surface area contributed by atoms with Crippen molar-refractivity contribution in [3.63, 3.8) is 0 Å². The van der Waals surface area contributed by atoms with Gasteiger partial charge in [-0.1, -0.05) is 17.7 Å². The summed E-state index contributed by atoms with van der Waals surface area (Å²) in [6.07, 6.45) is 3.46. The molecule has 1 aliphatic rings. The molecule has 1 fully saturated rings. The molecule has 0 N–H and O–H groups in total. The van der Waals surface area contributed by atoms with Gasteiger partial charge in [-0.05, 0) is 25.5 Å². The zero-order chi connectivity index (χ0) is 18.0. The monoisotopic (exact) mass is 362 g/mol. The number of benzene rings is 1. The van der Waals surface area contributed by atoms with E-state index < -0.39 is 10.0 Å². The lowest BCUT2D eigenvalue weighted by atomic mass is 10.1. The van der Waals surface area contributed by atoms with Crippen molar-refractivity contribution in [2.45, 2.75) is 18.2 Å². The van der Waals surface area contributed by atoms with Crippen LogP contribution < -0.4 is 0 Å². The Morgan fingerprint density at radius 2 is 1.96 bits per heavy atom. The highest BCUT2D eigenvalue weighted by Gasteiger charge is 2.29. The molecular formula is C17H22N4O3S. The minimum atomic E-state index is -3.57. The second kappa shape index (κ2) is 6.97. The van der Waals surface area contributed by atoms with E-state index >= 15 is 0 Å². The fraction of sp³-hybridized carbons (Fsp3) is 0.412. The van der Waals surface area contributed by atoms with Crippen LogP contribution in [0.5, 0.6) is 0 Å². The van der Waals surface area contributed by atoms with E-state index in [1.54, 1.807) is 18.0 Å². The summed E-state index contributed by atoms with van der Waals surface area (Å²) >= 11 is 0. The lowest BCUT2D eigenvalue weighted by Gasteiger charge is -2.21. The molecule has 0 unspecified atom stereocenters. The van der Waals surface area contributed by atoms with Crippen molar-refractivity contribution in [3.8, 4) is 0 Å². The smallest absolute Gasteiger partial charge is 0.253 e. The SMILES string of the molecule is Cc1cccc(C(=O)N2CCCN(S(=O)(=O)c3cnn(C)c3)CC2)c1. The minimum Gasteiger partial charge on any atom is -0.337 e. The zero-order valence-electron chi connectivity index (χ0n) is 14.4. The highest BCUT2D eigenvalue weighted by molar-refractivity contribution is 7.89. The molecule has 1 aromatic carbocycles. The number of nitrogens with zero attached hydrogens (tertiary/aromatic N) is 4. The van der Waals surface area contributed by atoms with Gasteiger partial charge < -0.3 is 4.90 Å². The van der Waals surface area contributed by atoms with E-state index in [0.29, 0.717) is 31.6 Å². The van der Waals surface area contributed by atoms with E-state index in [9.17, 15) is 13.2 Å². The number of carbonyl (C=O) groups excluding carboxylic acids is 1. The van der Waals surface area contributed by atoms with Crippen LogP contribution in [0.4, 0.5) is 0 Å². The van der Waals surface area contributed by atoms with Crippen molar-refractivity contribution in [1.82, 2.24) is 19.0 Å². The molecular weight excluding hydrogens is 340 g/mol. The summed E-state index contributed by atoms with van der Waals surface area (Å²) in [4.78, 5) is 14.6. The summed E-state index contributed by atoms with van der Waals surface area (Å²) in [5.74, 6) is -0.0516. The van der Waals surface area contributed by atoms with Gasteiger partial charge in [0.2, 0.25) is 10.0 Å². The van der Waals surface area contributed by atoms with E-state index in [0.717, 1.165) is 5.56 Å². The number of aromatic nitrogens is 2. The summed E-state index contributed by atoms with van der Waals surface area (Å²) < 4.78 is 28.3. The Morgan fingerprint density at radius 3 is 2.64 bits per heavy atom. The van der Waals surface area contributed by atoms with Gasteiger partial charge in [0.25, 0.3) is 5.91 Å². The molecule has 1 aliphatic heterocycles. The van der Waals surface area contributed by atoms with Crippen LogP contribution in [0.3, 0.4) is 0 Å². The second-order valence-corrected chi connectivity index (χ2v) is 8.21. The first kappa shape index (κ1) is 17.6. The molecule has 0 saturated carbocycles. The first-order valence-corrected chi connectivity index (χ1v) is 9.67. The van der Waals surface area contributed by atoms with Gasteiger partial charge in [0.1, 0.15) is 4.90 Å². The van der Waals surface area contributed by atoms with Crippen LogP contribution in [0.2, 0.25) is 0 Å². The predicted octanol–water partition coefficient (Wildman–Crippen LogP) is 1.27. The number of hydrogen-bond acceptors (Lipinski definition) is 4. The predicted molar refractivity (Wildman–Crippen MR) is 93.7 cm³/mol. The lowest BCUT2D eigenvalue weighted by molar-refractivity contribution is 0.0764. The number of rotatable bonds is 3. The van der Waals surface area contributed by atoms with Gasteiger partial charge in [0, 0.05) is 45.0 Å². The molecule has 1 amide bonds. The van der Waals surface area contributed by atoms with Crippen molar-refractivity contribution >= 4 is 15.9 Å². The average Bonchev–Trinajstić information content (AvgIpc) is 2.87. The third-order valence-corrected chi connectivity index (χ3v) is 6.18. The van der Waals surface area contributed by atoms with Crippen LogP contribution >= 0.6 is 0 Å². The fourth-order valence-corrected chi connectivity index (χ4v) is 4.43. The molecule has 0 spiro atoms. The summed E-state index contributed by atoms with van der Waals surface area (Å²) in [6, 6.07) is 7.46. The van der Waals surface area contributed by atoms with Crippen molar-refractivity contribution < 1.29 is 13.2 Å². The van der Waals surface area contributed by atoms with Crippen molar-refractivity contribution in [3.05, 3.63) is 47.8 Å². The minimum absolute atomic E-state index is 0.0516. The second-order valence-electron chi connectivity index (χ2n) is 6.27. The van der Waals surface area contributed by atoms with Crippen LogP contribution in [-0.2, 0) is 17.1 Å². The van der Waals surface area contributed by atoms with E-state index in [4.69, 9.17) is 0 Å². The average molecular weight is 362 g/mol. The Balaban J connectivity index is 1.73. The third-order valence-electron chi connectivity index (χ3n) is 4.33. The van der Waals surface area contributed by atoms with Gasteiger partial charge in [-0.25, -0.2) is 8.42 Å². The summed E-state index contributed by atoms with van der Waals surface area (Å²) in [7, 11) is -1.89. The standard InChI is InChI=1S/C17H22N4O3S/c1-14-5-3-6-15(11-14)17(22)20-7-4-8-21(10-9-20)25(23,24)16-12-18-19(2)13-16/h3,5-6,11-13H,4,7-10H2,1-2H3. The molecule has 0 aliphatic carbocycles. The Labute approximate surface area is 147 Å². The largest absolute Gasteiger partial charge is 0.337 e. The molecule has 1 saturated heterocycles. The third kappa shape index (κ3) is 3.74. The maximum absolute atomic E-state index is 12.7. The molecule has 3 rings (SSSR count). The topological polar surface area (TPSA) is 75.5 Å². The molecule has 2 heterocycles. The van der Waals surface area contributed by atoms with Crippen molar-refractivity contribution in [2.75, 3.05) is 26.2 Å². The number of aryl methyl sites for hydroxylation is 2. The van der Waals surface area contributed by atoms with Gasteiger partial charge >= 0.3 is 0 Å². The number of carbonyl (C=O) groups is 1. The van der Waals surface area contributed by atoms with Crippen molar-refractivity contribution in [2.24, 2.45) is 7.05 Å². The molecule has 134 valence electrons. The molecule has 0 radical (unpaired) electrons. The van der Waals surface area contributed by atoms with Crippen molar-refractivity contribution in [1.29, 1.82) is 0 Å². The molecule has 1 aromatic heterocycles. The fourth-order valence-electron chi connectivity index (χ4n) is 2.98. The molecule has 25 heavy (non-hydrogen) atoms. The Bertz CT molecular complexity index is 876. The summed E-state index contributed by atoms with van der Waals surface area (Å²) in [6.45, 7) is 3.56. The van der Waals surface area contributed by atoms with E-state index in [-0.39, 0.29) is 17.3 Å². The quantitative estimate of drug-likeness (QED) is 0.824. The highest BCUT2D eigenvalue weighted by atomic mass is 32.2. The first-order chi connectivity index (χ1) is 11.9.